The van der Waals surface area contributed by atoms with Crippen LogP contribution in [0.2, 0.25) is 0 Å². The van der Waals surface area contributed by atoms with Gasteiger partial charge >= 0.3 is 12.1 Å². The zero-order valence-corrected chi connectivity index (χ0v) is 18.1. The summed E-state index contributed by atoms with van der Waals surface area (Å²) in [6.07, 6.45) is 0.907. The number of amides is 1. The summed E-state index contributed by atoms with van der Waals surface area (Å²) in [7, 11) is 0. The lowest BCUT2D eigenvalue weighted by atomic mass is 9.80. The van der Waals surface area contributed by atoms with Crippen molar-refractivity contribution in [1.29, 1.82) is 0 Å². The number of nitrogens with one attached hydrogen (secondary N) is 1. The van der Waals surface area contributed by atoms with Gasteiger partial charge in [0.05, 0.1) is 0 Å². The number of ether oxygens (including phenoxy) is 3. The van der Waals surface area contributed by atoms with Gasteiger partial charge in [-0.05, 0) is 23.6 Å². The van der Waals surface area contributed by atoms with Crippen molar-refractivity contribution in [3.63, 3.8) is 0 Å². The highest BCUT2D eigenvalue weighted by atomic mass is 16.7. The Hall–Kier alpha value is -4.20. The van der Waals surface area contributed by atoms with Crippen molar-refractivity contribution in [2.24, 2.45) is 5.41 Å². The SMILES string of the molecule is CC(C)(/C=C/C(=O)O)[C@H](OC(=O)Nc1ccc2c(c1)OCO2)c1ccc(O)c2ccccc12. The molecule has 1 aliphatic rings. The van der Waals surface area contributed by atoms with Crippen molar-refractivity contribution in [2.75, 3.05) is 12.1 Å². The second-order valence-corrected chi connectivity index (χ2v) is 8.19. The Morgan fingerprint density at radius 2 is 1.79 bits per heavy atom. The van der Waals surface area contributed by atoms with Crippen LogP contribution in [0, 0.1) is 5.41 Å². The van der Waals surface area contributed by atoms with Gasteiger partial charge in [0.25, 0.3) is 0 Å². The van der Waals surface area contributed by atoms with E-state index in [0.29, 0.717) is 33.5 Å². The Balaban J connectivity index is 1.68. The highest BCUT2D eigenvalue weighted by Gasteiger charge is 2.34. The second-order valence-electron chi connectivity index (χ2n) is 8.19. The van der Waals surface area contributed by atoms with Gasteiger partial charge in [0, 0.05) is 34.2 Å². The summed E-state index contributed by atoms with van der Waals surface area (Å²) in [5, 5.41) is 23.4. The van der Waals surface area contributed by atoms with Crippen LogP contribution in [-0.4, -0.2) is 29.1 Å². The minimum atomic E-state index is -1.11. The molecule has 0 saturated heterocycles. The van der Waals surface area contributed by atoms with E-state index >= 15 is 0 Å². The Morgan fingerprint density at radius 1 is 1.06 bits per heavy atom. The van der Waals surface area contributed by atoms with Gasteiger partial charge in [0.1, 0.15) is 11.9 Å². The largest absolute Gasteiger partial charge is 0.507 e. The van der Waals surface area contributed by atoms with Gasteiger partial charge in [0.2, 0.25) is 6.79 Å². The number of anilines is 1. The molecule has 1 atom stereocenters. The summed E-state index contributed by atoms with van der Waals surface area (Å²) >= 11 is 0. The lowest BCUT2D eigenvalue weighted by Crippen LogP contribution is -2.28. The number of aromatic hydroxyl groups is 1. The number of hydrogen-bond donors (Lipinski definition) is 3. The minimum absolute atomic E-state index is 0.0943. The third kappa shape index (κ3) is 4.69. The summed E-state index contributed by atoms with van der Waals surface area (Å²) in [5.74, 6) is 0.0832. The molecule has 0 spiro atoms. The van der Waals surface area contributed by atoms with Gasteiger partial charge in [-0.15, -0.1) is 0 Å². The number of fused-ring (bicyclic) bond motifs is 2. The van der Waals surface area contributed by atoms with E-state index in [-0.39, 0.29) is 12.5 Å². The first-order chi connectivity index (χ1) is 15.7. The normalized spacial score (nSPS) is 13.8. The second kappa shape index (κ2) is 8.74. The number of carbonyl (C=O) groups is 2. The molecule has 3 aromatic carbocycles. The van der Waals surface area contributed by atoms with E-state index in [1.54, 1.807) is 50.2 Å². The van der Waals surface area contributed by atoms with Gasteiger partial charge in [-0.1, -0.05) is 50.3 Å². The summed E-state index contributed by atoms with van der Waals surface area (Å²) in [6.45, 7) is 3.66. The van der Waals surface area contributed by atoms with Crippen molar-refractivity contribution in [3.05, 3.63) is 72.3 Å². The molecule has 1 aliphatic heterocycles. The maximum absolute atomic E-state index is 12.9. The maximum Gasteiger partial charge on any atom is 0.412 e. The summed E-state index contributed by atoms with van der Waals surface area (Å²) < 4.78 is 16.5. The zero-order valence-electron chi connectivity index (χ0n) is 18.1. The molecule has 170 valence electrons. The van der Waals surface area contributed by atoms with Crippen LogP contribution < -0.4 is 14.8 Å². The predicted octanol–water partition coefficient (Wildman–Crippen LogP) is 5.23. The molecule has 0 bridgehead atoms. The number of carbonyl (C=O) groups excluding carboxylic acids is 1. The van der Waals surface area contributed by atoms with Crippen LogP contribution >= 0.6 is 0 Å². The molecule has 0 fully saturated rings. The molecular weight excluding hydrogens is 426 g/mol. The van der Waals surface area contributed by atoms with Crippen LogP contribution in [0.3, 0.4) is 0 Å². The number of benzene rings is 3. The average molecular weight is 449 g/mol. The first-order valence-electron chi connectivity index (χ1n) is 10.2. The molecule has 3 N–H and O–H groups in total. The Labute approximate surface area is 190 Å². The lowest BCUT2D eigenvalue weighted by molar-refractivity contribution is -0.131. The lowest BCUT2D eigenvalue weighted by Gasteiger charge is -2.32. The van der Waals surface area contributed by atoms with Crippen molar-refractivity contribution < 1.29 is 34.0 Å². The third-order valence-electron chi connectivity index (χ3n) is 5.39. The van der Waals surface area contributed by atoms with E-state index in [2.05, 4.69) is 5.32 Å². The molecule has 0 aliphatic carbocycles. The first-order valence-corrected chi connectivity index (χ1v) is 10.2. The topological polar surface area (TPSA) is 114 Å². The molecule has 8 nitrogen and oxygen atoms in total. The number of phenolic OH excluding ortho intramolecular Hbond substituents is 1. The number of phenols is 1. The zero-order chi connectivity index (χ0) is 23.6. The molecule has 3 aromatic rings. The van der Waals surface area contributed by atoms with Crippen LogP contribution in [-0.2, 0) is 9.53 Å². The number of hydrogen-bond acceptors (Lipinski definition) is 6. The molecule has 4 rings (SSSR count). The molecule has 1 heterocycles. The van der Waals surface area contributed by atoms with E-state index in [1.807, 2.05) is 12.1 Å². The minimum Gasteiger partial charge on any atom is -0.507 e. The number of carboxylic acid groups (broad SMARTS) is 1. The average Bonchev–Trinajstić information content (AvgIpc) is 3.25. The van der Waals surface area contributed by atoms with E-state index in [0.717, 1.165) is 6.08 Å². The van der Waals surface area contributed by atoms with E-state index in [1.165, 1.54) is 12.1 Å². The van der Waals surface area contributed by atoms with Crippen LogP contribution in [0.25, 0.3) is 10.8 Å². The van der Waals surface area contributed by atoms with Gasteiger partial charge in [-0.25, -0.2) is 9.59 Å². The molecule has 0 saturated carbocycles. The highest BCUT2D eigenvalue weighted by molar-refractivity contribution is 5.92. The predicted molar refractivity (Wildman–Crippen MR) is 122 cm³/mol. The van der Waals surface area contributed by atoms with E-state index < -0.39 is 23.6 Å². The molecule has 1 amide bonds. The van der Waals surface area contributed by atoms with Crippen molar-refractivity contribution in [3.8, 4) is 17.2 Å². The van der Waals surface area contributed by atoms with E-state index in [4.69, 9.17) is 19.3 Å². The fourth-order valence-corrected chi connectivity index (χ4v) is 3.75. The molecule has 0 aromatic heterocycles. The fraction of sp³-hybridized carbons (Fsp3) is 0.200. The first kappa shape index (κ1) is 22.0. The molecule has 8 heteroatoms. The van der Waals surface area contributed by atoms with E-state index in [9.17, 15) is 14.7 Å². The van der Waals surface area contributed by atoms with Gasteiger partial charge in [-0.2, -0.15) is 0 Å². The van der Waals surface area contributed by atoms with Crippen molar-refractivity contribution in [2.45, 2.75) is 20.0 Å². The Kier molecular flexibility index (Phi) is 5.83. The maximum atomic E-state index is 12.9. The molecular formula is C25H23NO7. The summed E-state index contributed by atoms with van der Waals surface area (Å²) in [5.41, 5.74) is 0.186. The van der Waals surface area contributed by atoms with Gasteiger partial charge in [0.15, 0.2) is 11.5 Å². The number of aliphatic carboxylic acids is 1. The molecule has 0 radical (unpaired) electrons. The van der Waals surface area contributed by atoms with Gasteiger partial charge < -0.3 is 24.4 Å². The summed E-state index contributed by atoms with van der Waals surface area (Å²) in [4.78, 5) is 24.0. The summed E-state index contributed by atoms with van der Waals surface area (Å²) in [6, 6.07) is 15.4. The van der Waals surface area contributed by atoms with Crippen LogP contribution in [0.15, 0.2) is 66.7 Å². The standard InChI is InChI=1S/C25H23NO7/c1-25(2,12-11-22(28)29)23(18-8-9-19(27)17-6-4-3-5-16(17)18)33-24(30)26-15-7-10-20-21(13-15)32-14-31-20/h3-13,23,27H,14H2,1-2H3,(H,26,30)(H,28,29)/b12-11+/t23-/m1/s1. The van der Waals surface area contributed by atoms with Crippen LogP contribution in [0.5, 0.6) is 17.2 Å². The number of rotatable bonds is 6. The quantitative estimate of drug-likeness (QED) is 0.441. The third-order valence-corrected chi connectivity index (χ3v) is 5.39. The highest BCUT2D eigenvalue weighted by Crippen LogP contribution is 2.43. The van der Waals surface area contributed by atoms with Gasteiger partial charge in [-0.3, -0.25) is 5.32 Å². The number of carboxylic acids is 1. The Morgan fingerprint density at radius 3 is 2.55 bits per heavy atom. The molecule has 33 heavy (non-hydrogen) atoms. The van der Waals surface area contributed by atoms with Crippen molar-refractivity contribution in [1.82, 2.24) is 0 Å². The van der Waals surface area contributed by atoms with Crippen molar-refractivity contribution >= 4 is 28.5 Å². The van der Waals surface area contributed by atoms with Crippen LogP contribution in [0.1, 0.15) is 25.5 Å². The van der Waals surface area contributed by atoms with Crippen LogP contribution in [0.4, 0.5) is 10.5 Å². The molecule has 0 unspecified atom stereocenters. The monoisotopic (exact) mass is 449 g/mol. The Bertz CT molecular complexity index is 1250. The smallest absolute Gasteiger partial charge is 0.412 e. The fourth-order valence-electron chi connectivity index (χ4n) is 3.75.